The second kappa shape index (κ2) is 7.68. The summed E-state index contributed by atoms with van der Waals surface area (Å²) in [5, 5.41) is 1.25. The fourth-order valence-corrected chi connectivity index (χ4v) is 3.63. The van der Waals surface area contributed by atoms with Crippen LogP contribution in [0.2, 0.25) is 10.0 Å². The van der Waals surface area contributed by atoms with E-state index in [9.17, 15) is 0 Å². The van der Waals surface area contributed by atoms with E-state index in [-0.39, 0.29) is 0 Å². The highest BCUT2D eigenvalue weighted by molar-refractivity contribution is 6.35. The average Bonchev–Trinajstić information content (AvgIpc) is 2.64. The van der Waals surface area contributed by atoms with Crippen LogP contribution >= 0.6 is 23.2 Å². The molecule has 0 amide bonds. The molecule has 1 aromatic carbocycles. The Labute approximate surface area is 137 Å². The van der Waals surface area contributed by atoms with E-state index in [1.54, 1.807) is 13.2 Å². The zero-order valence-corrected chi connectivity index (χ0v) is 14.5. The number of halogens is 2. The molecule has 0 aliphatic carbocycles. The second-order valence-electron chi connectivity index (χ2n) is 5.90. The van der Waals surface area contributed by atoms with Crippen LogP contribution in [0.3, 0.4) is 0 Å². The maximum Gasteiger partial charge on any atom is 0.142 e. The number of hydrogen-bond acceptors (Lipinski definition) is 3. The van der Waals surface area contributed by atoms with Gasteiger partial charge >= 0.3 is 0 Å². The van der Waals surface area contributed by atoms with Gasteiger partial charge in [-0.1, -0.05) is 23.2 Å². The predicted molar refractivity (Wildman–Crippen MR) is 89.6 cm³/mol. The Bertz CT molecular complexity index is 480. The lowest BCUT2D eigenvalue weighted by Gasteiger charge is -2.24. The van der Waals surface area contributed by atoms with Crippen LogP contribution in [0.15, 0.2) is 12.1 Å². The maximum absolute atomic E-state index is 6.21. The van der Waals surface area contributed by atoms with E-state index in [1.165, 1.54) is 19.3 Å². The quantitative estimate of drug-likeness (QED) is 0.832. The lowest BCUT2D eigenvalue weighted by molar-refractivity contribution is 0.243. The van der Waals surface area contributed by atoms with Gasteiger partial charge < -0.3 is 9.64 Å². The summed E-state index contributed by atoms with van der Waals surface area (Å²) in [6.07, 6.45) is 3.68. The van der Waals surface area contributed by atoms with E-state index in [4.69, 9.17) is 27.9 Å². The molecule has 1 saturated heterocycles. The van der Waals surface area contributed by atoms with Gasteiger partial charge in [0.15, 0.2) is 0 Å². The van der Waals surface area contributed by atoms with Gasteiger partial charge in [-0.05, 0) is 58.6 Å². The first-order valence-electron chi connectivity index (χ1n) is 7.42. The van der Waals surface area contributed by atoms with Gasteiger partial charge in [0, 0.05) is 23.2 Å². The number of rotatable bonds is 4. The summed E-state index contributed by atoms with van der Waals surface area (Å²) in [6.45, 7) is 3.04. The fraction of sp³-hybridized carbons (Fsp3) is 0.625. The Kier molecular flexibility index (Phi) is 6.18. The highest BCUT2D eigenvalue weighted by Gasteiger charge is 2.20. The molecule has 1 aromatic rings. The van der Waals surface area contributed by atoms with Crippen LogP contribution < -0.4 is 4.74 Å². The number of ether oxygens (including phenoxy) is 1. The molecule has 1 fully saturated rings. The van der Waals surface area contributed by atoms with Crippen molar-refractivity contribution in [1.29, 1.82) is 0 Å². The molecule has 0 saturated carbocycles. The molecular weight excluding hydrogens is 307 g/mol. The molecule has 1 atom stereocenters. The third kappa shape index (κ3) is 4.49. The molecule has 1 aliphatic rings. The van der Waals surface area contributed by atoms with Crippen molar-refractivity contribution in [1.82, 2.24) is 9.80 Å². The Hall–Kier alpha value is -0.480. The average molecular weight is 331 g/mol. The molecule has 0 unspecified atom stereocenters. The highest BCUT2D eigenvalue weighted by Crippen LogP contribution is 2.33. The van der Waals surface area contributed by atoms with Crippen molar-refractivity contribution in [2.75, 3.05) is 34.3 Å². The molecule has 1 heterocycles. The van der Waals surface area contributed by atoms with Gasteiger partial charge in [-0.2, -0.15) is 0 Å². The van der Waals surface area contributed by atoms with Crippen molar-refractivity contribution in [3.63, 3.8) is 0 Å². The van der Waals surface area contributed by atoms with Gasteiger partial charge in [-0.25, -0.2) is 0 Å². The number of methoxy groups -OCH3 is 1. The van der Waals surface area contributed by atoms with E-state index in [1.807, 2.05) is 6.07 Å². The summed E-state index contributed by atoms with van der Waals surface area (Å²) in [5.74, 6) is 0.745. The summed E-state index contributed by atoms with van der Waals surface area (Å²) in [7, 11) is 5.99. The van der Waals surface area contributed by atoms with Crippen molar-refractivity contribution >= 4 is 23.2 Å². The maximum atomic E-state index is 6.21. The summed E-state index contributed by atoms with van der Waals surface area (Å²) in [6, 6.07) is 4.37. The minimum absolute atomic E-state index is 0.584. The molecule has 5 heteroatoms. The van der Waals surface area contributed by atoms with E-state index < -0.39 is 0 Å². The molecule has 0 spiro atoms. The highest BCUT2D eigenvalue weighted by atomic mass is 35.5. The fourth-order valence-electron chi connectivity index (χ4n) is 3.01. The third-order valence-corrected chi connectivity index (χ3v) is 4.70. The standard InChI is InChI=1S/C16H24Cl2N2O/c1-19(2)14-5-4-7-20(8-6-14)11-12-9-13(17)10-15(18)16(12)21-3/h9-10,14H,4-8,11H2,1-3H3/t14-/m1/s1. The van der Waals surface area contributed by atoms with Crippen LogP contribution in [0.1, 0.15) is 24.8 Å². The zero-order valence-electron chi connectivity index (χ0n) is 13.0. The molecular formula is C16H24Cl2N2O. The smallest absolute Gasteiger partial charge is 0.142 e. The Balaban J connectivity index is 2.08. The van der Waals surface area contributed by atoms with Gasteiger partial charge in [0.1, 0.15) is 5.75 Å². The molecule has 1 aliphatic heterocycles. The lowest BCUT2D eigenvalue weighted by atomic mass is 10.1. The summed E-state index contributed by atoms with van der Waals surface area (Å²) in [4.78, 5) is 4.80. The summed E-state index contributed by atoms with van der Waals surface area (Å²) in [5.41, 5.74) is 1.07. The molecule has 21 heavy (non-hydrogen) atoms. The first kappa shape index (κ1) is 16.9. The number of hydrogen-bond donors (Lipinski definition) is 0. The number of benzene rings is 1. The largest absolute Gasteiger partial charge is 0.495 e. The molecule has 0 aromatic heterocycles. The first-order valence-corrected chi connectivity index (χ1v) is 8.17. The van der Waals surface area contributed by atoms with Crippen molar-refractivity contribution < 1.29 is 4.74 Å². The summed E-state index contributed by atoms with van der Waals surface area (Å²) >= 11 is 12.3. The molecule has 0 radical (unpaired) electrons. The van der Waals surface area contributed by atoms with Crippen molar-refractivity contribution in [3.05, 3.63) is 27.7 Å². The Morgan fingerprint density at radius 1 is 1.24 bits per heavy atom. The van der Waals surface area contributed by atoms with Gasteiger partial charge in [0.05, 0.1) is 12.1 Å². The number of likely N-dealkylation sites (tertiary alicyclic amines) is 1. The Morgan fingerprint density at radius 2 is 2.00 bits per heavy atom. The zero-order chi connectivity index (χ0) is 15.4. The van der Waals surface area contributed by atoms with E-state index >= 15 is 0 Å². The van der Waals surface area contributed by atoms with E-state index in [0.29, 0.717) is 16.1 Å². The van der Waals surface area contributed by atoms with Crippen LogP contribution in [-0.2, 0) is 6.54 Å². The minimum atomic E-state index is 0.584. The molecule has 0 N–H and O–H groups in total. The normalized spacial score (nSPS) is 20.6. The molecule has 0 bridgehead atoms. The van der Waals surface area contributed by atoms with Crippen LogP contribution in [-0.4, -0.2) is 50.1 Å². The van der Waals surface area contributed by atoms with Crippen LogP contribution in [0, 0.1) is 0 Å². The van der Waals surface area contributed by atoms with E-state index in [0.717, 1.165) is 30.9 Å². The van der Waals surface area contributed by atoms with Gasteiger partial charge in [0.2, 0.25) is 0 Å². The summed E-state index contributed by atoms with van der Waals surface area (Å²) < 4.78 is 5.44. The van der Waals surface area contributed by atoms with Crippen molar-refractivity contribution in [3.8, 4) is 5.75 Å². The van der Waals surface area contributed by atoms with E-state index in [2.05, 4.69) is 23.9 Å². The third-order valence-electron chi connectivity index (χ3n) is 4.20. The molecule has 118 valence electrons. The SMILES string of the molecule is COc1c(Cl)cc(Cl)cc1CN1CCC[C@@H](N(C)C)CC1. The monoisotopic (exact) mass is 330 g/mol. The topological polar surface area (TPSA) is 15.7 Å². The first-order chi connectivity index (χ1) is 10.0. The van der Waals surface area contributed by atoms with Crippen LogP contribution in [0.4, 0.5) is 0 Å². The second-order valence-corrected chi connectivity index (χ2v) is 6.75. The van der Waals surface area contributed by atoms with Crippen LogP contribution in [0.5, 0.6) is 5.75 Å². The predicted octanol–water partition coefficient (Wildman–Crippen LogP) is 3.92. The van der Waals surface area contributed by atoms with Gasteiger partial charge in [0.25, 0.3) is 0 Å². The molecule has 2 rings (SSSR count). The number of nitrogens with zero attached hydrogens (tertiary/aromatic N) is 2. The molecule has 3 nitrogen and oxygen atoms in total. The lowest BCUT2D eigenvalue weighted by Crippen LogP contribution is -2.30. The van der Waals surface area contributed by atoms with Crippen molar-refractivity contribution in [2.45, 2.75) is 31.8 Å². The van der Waals surface area contributed by atoms with Crippen molar-refractivity contribution in [2.24, 2.45) is 0 Å². The van der Waals surface area contributed by atoms with Gasteiger partial charge in [-0.3, -0.25) is 4.90 Å². The minimum Gasteiger partial charge on any atom is -0.495 e. The Morgan fingerprint density at radius 3 is 2.67 bits per heavy atom. The van der Waals surface area contributed by atoms with Gasteiger partial charge in [-0.15, -0.1) is 0 Å². The van der Waals surface area contributed by atoms with Crippen LogP contribution in [0.25, 0.3) is 0 Å².